The van der Waals surface area contributed by atoms with Gasteiger partial charge >= 0.3 is 0 Å². The molecule has 1 unspecified atom stereocenters. The van der Waals surface area contributed by atoms with Gasteiger partial charge in [-0.25, -0.2) is 0 Å². The quantitative estimate of drug-likeness (QED) is 0.847. The van der Waals surface area contributed by atoms with E-state index in [0.29, 0.717) is 30.4 Å². The van der Waals surface area contributed by atoms with Crippen molar-refractivity contribution in [2.75, 3.05) is 13.1 Å². The average Bonchev–Trinajstić information content (AvgIpc) is 2.55. The van der Waals surface area contributed by atoms with E-state index in [-0.39, 0.29) is 5.91 Å². The smallest absolute Gasteiger partial charge is 0.263 e. The molecule has 0 aliphatic rings. The third-order valence-corrected chi connectivity index (χ3v) is 3.62. The molecule has 0 saturated carbocycles. The molecule has 1 amide bonds. The highest BCUT2D eigenvalue weighted by atomic mass is 35.5. The van der Waals surface area contributed by atoms with Crippen molar-refractivity contribution in [1.29, 1.82) is 0 Å². The minimum absolute atomic E-state index is 0.0979. The van der Waals surface area contributed by atoms with Gasteiger partial charge in [0.25, 0.3) is 5.91 Å². The molecule has 0 aliphatic carbocycles. The van der Waals surface area contributed by atoms with E-state index in [1.807, 2.05) is 30.3 Å². The second-order valence-corrected chi connectivity index (χ2v) is 5.69. The van der Waals surface area contributed by atoms with E-state index in [1.54, 1.807) is 36.1 Å². The third kappa shape index (κ3) is 5.27. The van der Waals surface area contributed by atoms with Crippen LogP contribution < -0.4 is 10.5 Å². The summed E-state index contributed by atoms with van der Waals surface area (Å²) >= 11 is 5.94. The van der Waals surface area contributed by atoms with E-state index >= 15 is 0 Å². The highest BCUT2D eigenvalue weighted by Crippen LogP contribution is 2.19. The van der Waals surface area contributed by atoms with Gasteiger partial charge in [0.15, 0.2) is 6.10 Å². The van der Waals surface area contributed by atoms with Gasteiger partial charge in [-0.3, -0.25) is 4.79 Å². The predicted octanol–water partition coefficient (Wildman–Crippen LogP) is 3.09. The third-order valence-electron chi connectivity index (χ3n) is 3.38. The van der Waals surface area contributed by atoms with Crippen LogP contribution in [0.15, 0.2) is 54.6 Å². The fourth-order valence-corrected chi connectivity index (χ4v) is 2.46. The number of carbonyl (C=O) groups is 1. The van der Waals surface area contributed by atoms with Crippen LogP contribution in [0.3, 0.4) is 0 Å². The number of benzene rings is 2. The van der Waals surface area contributed by atoms with Crippen molar-refractivity contribution in [2.24, 2.45) is 5.73 Å². The Labute approximate surface area is 141 Å². The van der Waals surface area contributed by atoms with Crippen molar-refractivity contribution in [1.82, 2.24) is 4.90 Å². The summed E-state index contributed by atoms with van der Waals surface area (Å²) in [6, 6.07) is 16.8. The number of amides is 1. The van der Waals surface area contributed by atoms with Gasteiger partial charge in [0.05, 0.1) is 0 Å². The van der Waals surface area contributed by atoms with Gasteiger partial charge < -0.3 is 15.4 Å². The van der Waals surface area contributed by atoms with Crippen LogP contribution in [0.25, 0.3) is 0 Å². The maximum absolute atomic E-state index is 12.6. The molecule has 0 saturated heterocycles. The first-order chi connectivity index (χ1) is 11.1. The van der Waals surface area contributed by atoms with E-state index in [4.69, 9.17) is 22.1 Å². The molecule has 122 valence electrons. The number of hydrogen-bond acceptors (Lipinski definition) is 3. The van der Waals surface area contributed by atoms with Gasteiger partial charge in [0, 0.05) is 24.7 Å². The number of nitrogens with two attached hydrogens (primary N) is 1. The van der Waals surface area contributed by atoms with E-state index in [0.717, 1.165) is 5.56 Å². The molecule has 2 N–H and O–H groups in total. The first-order valence-corrected chi connectivity index (χ1v) is 7.93. The Kier molecular flexibility index (Phi) is 6.44. The summed E-state index contributed by atoms with van der Waals surface area (Å²) in [4.78, 5) is 14.4. The summed E-state index contributed by atoms with van der Waals surface area (Å²) in [5, 5.41) is 0.574. The van der Waals surface area contributed by atoms with Gasteiger partial charge in [0.1, 0.15) is 5.75 Å². The first-order valence-electron chi connectivity index (χ1n) is 7.55. The Balaban J connectivity index is 2.04. The number of hydrogen-bond donors (Lipinski definition) is 1. The van der Waals surface area contributed by atoms with Crippen molar-refractivity contribution >= 4 is 17.5 Å². The molecule has 0 spiro atoms. The van der Waals surface area contributed by atoms with E-state index in [1.165, 1.54) is 0 Å². The molecule has 0 bridgehead atoms. The Morgan fingerprint density at radius 3 is 2.61 bits per heavy atom. The normalized spacial score (nSPS) is 11.8. The Morgan fingerprint density at radius 2 is 1.96 bits per heavy atom. The lowest BCUT2D eigenvalue weighted by Crippen LogP contribution is -2.42. The lowest BCUT2D eigenvalue weighted by Gasteiger charge is -2.26. The first kappa shape index (κ1) is 17.3. The second-order valence-electron chi connectivity index (χ2n) is 5.25. The molecule has 5 heteroatoms. The molecule has 2 aromatic carbocycles. The monoisotopic (exact) mass is 332 g/mol. The van der Waals surface area contributed by atoms with Crippen molar-refractivity contribution in [3.05, 3.63) is 65.2 Å². The van der Waals surface area contributed by atoms with Crippen LogP contribution in [0.5, 0.6) is 5.75 Å². The topological polar surface area (TPSA) is 55.6 Å². The molecular weight excluding hydrogens is 312 g/mol. The Hall–Kier alpha value is -2.04. The molecule has 1 atom stereocenters. The molecule has 0 aromatic heterocycles. The Morgan fingerprint density at radius 1 is 1.22 bits per heavy atom. The molecule has 2 aromatic rings. The molecule has 0 fully saturated rings. The highest BCUT2D eigenvalue weighted by molar-refractivity contribution is 6.30. The van der Waals surface area contributed by atoms with Gasteiger partial charge in [0.2, 0.25) is 0 Å². The molecule has 0 heterocycles. The molecular formula is C18H21ClN2O2. The largest absolute Gasteiger partial charge is 0.481 e. The summed E-state index contributed by atoms with van der Waals surface area (Å²) < 4.78 is 5.71. The average molecular weight is 333 g/mol. The molecule has 0 radical (unpaired) electrons. The molecule has 4 nitrogen and oxygen atoms in total. The number of ether oxygens (including phenoxy) is 1. The van der Waals surface area contributed by atoms with Crippen LogP contribution >= 0.6 is 11.6 Å². The van der Waals surface area contributed by atoms with Crippen molar-refractivity contribution in [3.63, 3.8) is 0 Å². The standard InChI is InChI=1S/C18H21ClN2O2/c1-14(23-17-9-5-8-16(19)12-17)18(22)21(11-10-20)13-15-6-3-2-4-7-15/h2-9,12,14H,10-11,13,20H2,1H3. The number of nitrogens with zero attached hydrogens (tertiary/aromatic N) is 1. The van der Waals surface area contributed by atoms with Crippen molar-refractivity contribution < 1.29 is 9.53 Å². The summed E-state index contributed by atoms with van der Waals surface area (Å²) in [6.45, 7) is 3.14. The highest BCUT2D eigenvalue weighted by Gasteiger charge is 2.22. The van der Waals surface area contributed by atoms with Gasteiger partial charge in [-0.05, 0) is 30.7 Å². The van der Waals surface area contributed by atoms with Crippen LogP contribution in [-0.2, 0) is 11.3 Å². The zero-order chi connectivity index (χ0) is 16.7. The summed E-state index contributed by atoms with van der Waals surface area (Å²) in [6.07, 6.45) is -0.608. The fraction of sp³-hybridized carbons (Fsp3) is 0.278. The van der Waals surface area contributed by atoms with Crippen molar-refractivity contribution in [2.45, 2.75) is 19.6 Å². The van der Waals surface area contributed by atoms with Crippen LogP contribution in [0.4, 0.5) is 0 Å². The predicted molar refractivity (Wildman–Crippen MR) is 92.5 cm³/mol. The van der Waals surface area contributed by atoms with Gasteiger partial charge in [-0.1, -0.05) is 48.0 Å². The minimum atomic E-state index is -0.608. The molecule has 23 heavy (non-hydrogen) atoms. The maximum Gasteiger partial charge on any atom is 0.263 e. The lowest BCUT2D eigenvalue weighted by molar-refractivity contribution is -0.138. The molecule has 0 aliphatic heterocycles. The second kappa shape index (κ2) is 8.56. The van der Waals surface area contributed by atoms with Gasteiger partial charge in [-0.15, -0.1) is 0 Å². The summed E-state index contributed by atoms with van der Waals surface area (Å²) in [7, 11) is 0. The van der Waals surface area contributed by atoms with E-state index < -0.39 is 6.10 Å². The number of carbonyl (C=O) groups excluding carboxylic acids is 1. The minimum Gasteiger partial charge on any atom is -0.481 e. The van der Waals surface area contributed by atoms with Crippen LogP contribution in [0.1, 0.15) is 12.5 Å². The SMILES string of the molecule is CC(Oc1cccc(Cl)c1)C(=O)N(CCN)Cc1ccccc1. The Bertz CT molecular complexity index is 634. The van der Waals surface area contributed by atoms with E-state index in [9.17, 15) is 4.79 Å². The van der Waals surface area contributed by atoms with Gasteiger partial charge in [-0.2, -0.15) is 0 Å². The van der Waals surface area contributed by atoms with Crippen molar-refractivity contribution in [3.8, 4) is 5.75 Å². The zero-order valence-electron chi connectivity index (χ0n) is 13.1. The summed E-state index contributed by atoms with van der Waals surface area (Å²) in [5.74, 6) is 0.477. The summed E-state index contributed by atoms with van der Waals surface area (Å²) in [5.41, 5.74) is 6.70. The fourth-order valence-electron chi connectivity index (χ4n) is 2.28. The maximum atomic E-state index is 12.6. The van der Waals surface area contributed by atoms with E-state index in [2.05, 4.69) is 0 Å². The number of halogens is 1. The van der Waals surface area contributed by atoms with Crippen LogP contribution in [0, 0.1) is 0 Å². The van der Waals surface area contributed by atoms with Crippen LogP contribution in [-0.4, -0.2) is 30.0 Å². The zero-order valence-corrected chi connectivity index (χ0v) is 13.9. The number of rotatable bonds is 7. The molecule has 2 rings (SSSR count). The van der Waals surface area contributed by atoms with Crippen LogP contribution in [0.2, 0.25) is 5.02 Å². The lowest BCUT2D eigenvalue weighted by atomic mass is 10.2.